The predicted octanol–water partition coefficient (Wildman–Crippen LogP) is 4.60. The van der Waals surface area contributed by atoms with Gasteiger partial charge < -0.3 is 10.1 Å². The van der Waals surface area contributed by atoms with Crippen molar-refractivity contribution in [1.82, 2.24) is 4.98 Å². The molecule has 0 radical (unpaired) electrons. The Morgan fingerprint density at radius 3 is 2.71 bits per heavy atom. The number of hydrogen-bond acceptors (Lipinski definition) is 3. The Morgan fingerprint density at radius 1 is 1.19 bits per heavy atom. The van der Waals surface area contributed by atoms with Crippen LogP contribution < -0.4 is 10.1 Å². The Hall–Kier alpha value is -1.48. The summed E-state index contributed by atoms with van der Waals surface area (Å²) in [6, 6.07) is 8.05. The zero-order valence-corrected chi connectivity index (χ0v) is 13.1. The van der Waals surface area contributed by atoms with Gasteiger partial charge in [0.1, 0.15) is 11.6 Å². The second-order valence-corrected chi connectivity index (χ2v) is 6.08. The van der Waals surface area contributed by atoms with Gasteiger partial charge in [0.2, 0.25) is 0 Å². The first-order chi connectivity index (χ1) is 10.3. The van der Waals surface area contributed by atoms with Gasteiger partial charge in [0.15, 0.2) is 0 Å². The molecule has 0 unspecified atom stereocenters. The highest BCUT2D eigenvalue weighted by atomic mass is 35.5. The lowest BCUT2D eigenvalue weighted by Crippen LogP contribution is -2.42. The molecule has 1 aromatic carbocycles. The van der Waals surface area contributed by atoms with E-state index in [4.69, 9.17) is 16.3 Å². The number of hydrogen-bond donors (Lipinski definition) is 1. The largest absolute Gasteiger partial charge is 0.496 e. The van der Waals surface area contributed by atoms with E-state index in [0.29, 0.717) is 5.88 Å². The number of pyridine rings is 1. The molecule has 21 heavy (non-hydrogen) atoms. The van der Waals surface area contributed by atoms with Crippen LogP contribution in [0, 0.1) is 0 Å². The van der Waals surface area contributed by atoms with Gasteiger partial charge in [0.05, 0.1) is 12.6 Å². The highest BCUT2D eigenvalue weighted by Gasteiger charge is 2.31. The van der Waals surface area contributed by atoms with E-state index in [1.165, 1.54) is 19.3 Å². The second-order valence-electron chi connectivity index (χ2n) is 5.81. The van der Waals surface area contributed by atoms with Gasteiger partial charge in [0.25, 0.3) is 0 Å². The summed E-state index contributed by atoms with van der Waals surface area (Å²) in [5.41, 5.74) is -0.0236. The monoisotopic (exact) mass is 304 g/mol. The minimum atomic E-state index is -0.0236. The number of methoxy groups -OCH3 is 1. The third kappa shape index (κ3) is 2.80. The van der Waals surface area contributed by atoms with Crippen LogP contribution in [-0.2, 0) is 0 Å². The zero-order chi connectivity index (χ0) is 14.7. The molecule has 0 aliphatic heterocycles. The van der Waals surface area contributed by atoms with E-state index in [2.05, 4.69) is 16.4 Å². The maximum absolute atomic E-state index is 6.28. The number of nitrogens with zero attached hydrogens (tertiary/aromatic N) is 1. The molecule has 0 atom stereocenters. The van der Waals surface area contributed by atoms with Crippen LogP contribution in [0.15, 0.2) is 30.5 Å². The predicted molar refractivity (Wildman–Crippen MR) is 88.5 cm³/mol. The van der Waals surface area contributed by atoms with Gasteiger partial charge in [-0.15, -0.1) is 11.6 Å². The number of aromatic nitrogens is 1. The summed E-state index contributed by atoms with van der Waals surface area (Å²) in [4.78, 5) is 4.54. The van der Waals surface area contributed by atoms with Crippen molar-refractivity contribution >= 4 is 28.2 Å². The number of nitrogens with one attached hydrogen (secondary N) is 1. The number of anilines is 1. The number of rotatable bonds is 4. The molecule has 0 spiro atoms. The first-order valence-corrected chi connectivity index (χ1v) is 8.07. The number of alkyl halides is 1. The second kappa shape index (κ2) is 6.10. The van der Waals surface area contributed by atoms with Gasteiger partial charge in [-0.05, 0) is 25.0 Å². The van der Waals surface area contributed by atoms with Crippen LogP contribution in [0.3, 0.4) is 0 Å². The highest BCUT2D eigenvalue weighted by molar-refractivity contribution is 6.19. The Bertz CT molecular complexity index is 623. The van der Waals surface area contributed by atoms with Crippen LogP contribution in [0.2, 0.25) is 0 Å². The van der Waals surface area contributed by atoms with E-state index in [9.17, 15) is 0 Å². The topological polar surface area (TPSA) is 34.1 Å². The van der Waals surface area contributed by atoms with E-state index in [1.807, 2.05) is 24.4 Å². The van der Waals surface area contributed by atoms with Gasteiger partial charge in [-0.1, -0.05) is 31.4 Å². The van der Waals surface area contributed by atoms with Crippen molar-refractivity contribution in [2.45, 2.75) is 37.6 Å². The summed E-state index contributed by atoms with van der Waals surface area (Å²) in [6.07, 6.45) is 7.81. The zero-order valence-electron chi connectivity index (χ0n) is 12.4. The highest BCUT2D eigenvalue weighted by Crippen LogP contribution is 2.35. The molecule has 2 aromatic rings. The fourth-order valence-electron chi connectivity index (χ4n) is 3.23. The maximum atomic E-state index is 6.28. The molecule has 4 heteroatoms. The third-order valence-electron chi connectivity index (χ3n) is 4.44. The van der Waals surface area contributed by atoms with Gasteiger partial charge >= 0.3 is 0 Å². The number of fused-ring (bicyclic) bond motifs is 1. The molecular weight excluding hydrogens is 284 g/mol. The Balaban J connectivity index is 2.00. The average molecular weight is 305 g/mol. The number of benzene rings is 1. The van der Waals surface area contributed by atoms with Crippen molar-refractivity contribution < 1.29 is 4.74 Å². The molecule has 0 bridgehead atoms. The van der Waals surface area contributed by atoms with Crippen LogP contribution in [0.5, 0.6) is 5.75 Å². The lowest BCUT2D eigenvalue weighted by atomic mass is 9.83. The molecule has 112 valence electrons. The summed E-state index contributed by atoms with van der Waals surface area (Å²) >= 11 is 6.28. The van der Waals surface area contributed by atoms with Gasteiger partial charge in [-0.25, -0.2) is 4.98 Å². The Labute approximate surface area is 130 Å². The summed E-state index contributed by atoms with van der Waals surface area (Å²) in [7, 11) is 1.70. The van der Waals surface area contributed by atoms with E-state index >= 15 is 0 Å². The maximum Gasteiger partial charge on any atom is 0.134 e. The molecule has 1 aromatic heterocycles. The molecule has 3 nitrogen and oxygen atoms in total. The molecule has 1 N–H and O–H groups in total. The summed E-state index contributed by atoms with van der Waals surface area (Å²) in [6.45, 7) is 0. The summed E-state index contributed by atoms with van der Waals surface area (Å²) < 4.78 is 5.44. The number of ether oxygens (including phenoxy) is 1. The fourth-order valence-corrected chi connectivity index (χ4v) is 3.56. The molecule has 0 amide bonds. The molecule has 1 fully saturated rings. The number of halogens is 1. The molecular formula is C17H21ClN2O. The Kier molecular flexibility index (Phi) is 4.20. The average Bonchev–Trinajstić information content (AvgIpc) is 2.55. The quantitative estimate of drug-likeness (QED) is 0.838. The van der Waals surface area contributed by atoms with Crippen molar-refractivity contribution in [2.24, 2.45) is 0 Å². The fraction of sp³-hybridized carbons (Fsp3) is 0.471. The first kappa shape index (κ1) is 14.5. The van der Waals surface area contributed by atoms with Crippen LogP contribution in [0.1, 0.15) is 32.1 Å². The van der Waals surface area contributed by atoms with Crippen molar-refractivity contribution in [3.63, 3.8) is 0 Å². The normalized spacial score (nSPS) is 17.6. The van der Waals surface area contributed by atoms with Gasteiger partial charge in [0, 0.05) is 22.8 Å². The van der Waals surface area contributed by atoms with Crippen molar-refractivity contribution in [1.29, 1.82) is 0 Å². The standard InChI is InChI=1S/C17H21ClN2O/c1-21-15-7-5-6-14-13(15)8-11-19-16(14)20-17(12-18)9-3-2-4-10-17/h5-8,11H,2-4,9-10,12H2,1H3,(H,19,20). The summed E-state index contributed by atoms with van der Waals surface area (Å²) in [5.74, 6) is 2.41. The Morgan fingerprint density at radius 2 is 2.00 bits per heavy atom. The molecule has 3 rings (SSSR count). The third-order valence-corrected chi connectivity index (χ3v) is 4.95. The first-order valence-electron chi connectivity index (χ1n) is 7.54. The van der Waals surface area contributed by atoms with E-state index in [1.54, 1.807) is 7.11 Å². The van der Waals surface area contributed by atoms with E-state index < -0.39 is 0 Å². The van der Waals surface area contributed by atoms with Crippen molar-refractivity contribution in [3.8, 4) is 5.75 Å². The molecule has 1 saturated carbocycles. The van der Waals surface area contributed by atoms with Gasteiger partial charge in [-0.3, -0.25) is 0 Å². The molecule has 1 aliphatic rings. The van der Waals surface area contributed by atoms with E-state index in [0.717, 1.165) is 35.2 Å². The van der Waals surface area contributed by atoms with Crippen LogP contribution in [-0.4, -0.2) is 23.5 Å². The van der Waals surface area contributed by atoms with Crippen LogP contribution in [0.4, 0.5) is 5.82 Å². The minimum absolute atomic E-state index is 0.0236. The SMILES string of the molecule is COc1cccc2c(NC3(CCl)CCCCC3)nccc12. The van der Waals surface area contributed by atoms with Gasteiger partial charge in [-0.2, -0.15) is 0 Å². The molecule has 1 aliphatic carbocycles. The van der Waals surface area contributed by atoms with Crippen molar-refractivity contribution in [2.75, 3.05) is 18.3 Å². The minimum Gasteiger partial charge on any atom is -0.496 e. The van der Waals surface area contributed by atoms with Crippen molar-refractivity contribution in [3.05, 3.63) is 30.5 Å². The lowest BCUT2D eigenvalue weighted by molar-refractivity contribution is 0.353. The lowest BCUT2D eigenvalue weighted by Gasteiger charge is -2.37. The smallest absolute Gasteiger partial charge is 0.134 e. The van der Waals surface area contributed by atoms with Crippen LogP contribution in [0.25, 0.3) is 10.8 Å². The molecule has 1 heterocycles. The van der Waals surface area contributed by atoms with Crippen LogP contribution >= 0.6 is 11.6 Å². The van der Waals surface area contributed by atoms with E-state index in [-0.39, 0.29) is 5.54 Å². The summed E-state index contributed by atoms with van der Waals surface area (Å²) in [5, 5.41) is 5.81. The molecule has 0 saturated heterocycles.